The molecule has 2 rings (SSSR count). The first-order valence-electron chi connectivity index (χ1n) is 7.90. The summed E-state index contributed by atoms with van der Waals surface area (Å²) in [6.45, 7) is 0.533. The fourth-order valence-corrected chi connectivity index (χ4v) is 2.00. The smallest absolute Gasteiger partial charge is 0.407 e. The van der Waals surface area contributed by atoms with Crippen LogP contribution in [0.3, 0.4) is 0 Å². The van der Waals surface area contributed by atoms with Crippen LogP contribution in [0.1, 0.15) is 17.5 Å². The summed E-state index contributed by atoms with van der Waals surface area (Å²) in [6.07, 6.45) is -0.489. The minimum Gasteiger partial charge on any atom is -0.497 e. The van der Waals surface area contributed by atoms with Gasteiger partial charge in [0.1, 0.15) is 19.0 Å². The Morgan fingerprint density at radius 1 is 0.880 bits per heavy atom. The Morgan fingerprint density at radius 3 is 2.20 bits per heavy atom. The standard InChI is InChI=1S/C19H21NO5/c1-23-17-9-7-16(8-10-17)14-25-19(22)20-12-11-18(21)24-13-15-5-3-2-4-6-15/h2-10H,11-14H2,1H3,(H,20,22). The van der Waals surface area contributed by atoms with Crippen molar-refractivity contribution in [1.29, 1.82) is 0 Å². The normalized spacial score (nSPS) is 9.96. The molecule has 2 aromatic carbocycles. The molecule has 25 heavy (non-hydrogen) atoms. The van der Waals surface area contributed by atoms with Gasteiger partial charge in [-0.25, -0.2) is 4.79 Å². The molecule has 1 amide bonds. The third kappa shape index (κ3) is 6.95. The first-order chi connectivity index (χ1) is 12.2. The van der Waals surface area contributed by atoms with E-state index in [1.165, 1.54) is 0 Å². The number of amides is 1. The second-order valence-corrected chi connectivity index (χ2v) is 5.25. The topological polar surface area (TPSA) is 73.9 Å². The Bertz CT molecular complexity index is 670. The fourth-order valence-electron chi connectivity index (χ4n) is 2.00. The maximum Gasteiger partial charge on any atom is 0.407 e. The molecule has 0 fully saturated rings. The quantitative estimate of drug-likeness (QED) is 0.746. The molecule has 0 saturated heterocycles. The van der Waals surface area contributed by atoms with Crippen molar-refractivity contribution in [1.82, 2.24) is 5.32 Å². The van der Waals surface area contributed by atoms with Gasteiger partial charge in [0.05, 0.1) is 13.5 Å². The molecule has 0 atom stereocenters. The van der Waals surface area contributed by atoms with Gasteiger partial charge in [0.2, 0.25) is 0 Å². The number of alkyl carbamates (subject to hydrolysis) is 1. The molecule has 6 nitrogen and oxygen atoms in total. The summed E-state index contributed by atoms with van der Waals surface area (Å²) >= 11 is 0. The van der Waals surface area contributed by atoms with Crippen molar-refractivity contribution in [3.8, 4) is 5.75 Å². The summed E-state index contributed by atoms with van der Waals surface area (Å²) in [4.78, 5) is 23.2. The number of carbonyl (C=O) groups excluding carboxylic acids is 2. The lowest BCUT2D eigenvalue weighted by Gasteiger charge is -2.08. The first-order valence-corrected chi connectivity index (χ1v) is 7.90. The summed E-state index contributed by atoms with van der Waals surface area (Å²) in [6, 6.07) is 16.6. The number of hydrogen-bond acceptors (Lipinski definition) is 5. The zero-order valence-electron chi connectivity index (χ0n) is 14.1. The number of rotatable bonds is 8. The van der Waals surface area contributed by atoms with Gasteiger partial charge in [-0.15, -0.1) is 0 Å². The Labute approximate surface area is 146 Å². The third-order valence-electron chi connectivity index (χ3n) is 3.37. The number of benzene rings is 2. The molecule has 6 heteroatoms. The molecule has 2 aromatic rings. The van der Waals surface area contributed by atoms with Crippen LogP contribution in [0.2, 0.25) is 0 Å². The molecule has 0 unspecified atom stereocenters. The van der Waals surface area contributed by atoms with Gasteiger partial charge in [-0.3, -0.25) is 4.79 Å². The summed E-state index contributed by atoms with van der Waals surface area (Å²) in [5.41, 5.74) is 1.76. The van der Waals surface area contributed by atoms with E-state index in [9.17, 15) is 9.59 Å². The summed E-state index contributed by atoms with van der Waals surface area (Å²) < 4.78 is 15.2. The number of carbonyl (C=O) groups is 2. The zero-order valence-corrected chi connectivity index (χ0v) is 14.1. The molecule has 0 saturated carbocycles. The zero-order chi connectivity index (χ0) is 17.9. The van der Waals surface area contributed by atoms with E-state index in [0.717, 1.165) is 16.9 Å². The molecule has 0 aromatic heterocycles. The maximum absolute atomic E-state index is 11.6. The van der Waals surface area contributed by atoms with Crippen molar-refractivity contribution >= 4 is 12.1 Å². The lowest BCUT2D eigenvalue weighted by atomic mass is 10.2. The van der Waals surface area contributed by atoms with Crippen molar-refractivity contribution in [3.63, 3.8) is 0 Å². The molecule has 132 valence electrons. The van der Waals surface area contributed by atoms with Crippen LogP contribution in [0.5, 0.6) is 5.75 Å². The van der Waals surface area contributed by atoms with E-state index in [2.05, 4.69) is 5.32 Å². The Kier molecular flexibility index (Phi) is 7.31. The van der Waals surface area contributed by atoms with Crippen molar-refractivity contribution in [2.45, 2.75) is 19.6 Å². The predicted molar refractivity (Wildman–Crippen MR) is 92.0 cm³/mol. The molecule has 0 aliphatic rings. The summed E-state index contributed by atoms with van der Waals surface area (Å²) in [7, 11) is 1.59. The van der Waals surface area contributed by atoms with E-state index < -0.39 is 6.09 Å². The van der Waals surface area contributed by atoms with E-state index in [0.29, 0.717) is 0 Å². The Morgan fingerprint density at radius 2 is 1.52 bits per heavy atom. The lowest BCUT2D eigenvalue weighted by molar-refractivity contribution is -0.144. The SMILES string of the molecule is COc1ccc(COC(=O)NCCC(=O)OCc2ccccc2)cc1. The van der Waals surface area contributed by atoms with Crippen LogP contribution in [0, 0.1) is 0 Å². The highest BCUT2D eigenvalue weighted by atomic mass is 16.5. The van der Waals surface area contributed by atoms with Crippen LogP contribution in [0.25, 0.3) is 0 Å². The van der Waals surface area contributed by atoms with Gasteiger partial charge in [0, 0.05) is 6.54 Å². The summed E-state index contributed by atoms with van der Waals surface area (Å²) in [5.74, 6) is 0.363. The van der Waals surface area contributed by atoms with Crippen molar-refractivity contribution in [2.24, 2.45) is 0 Å². The third-order valence-corrected chi connectivity index (χ3v) is 3.37. The molecule has 0 aliphatic carbocycles. The van der Waals surface area contributed by atoms with Crippen molar-refractivity contribution < 1.29 is 23.8 Å². The number of ether oxygens (including phenoxy) is 3. The van der Waals surface area contributed by atoms with Crippen LogP contribution in [-0.4, -0.2) is 25.7 Å². The van der Waals surface area contributed by atoms with Crippen LogP contribution < -0.4 is 10.1 Å². The maximum atomic E-state index is 11.6. The molecular formula is C19H21NO5. The van der Waals surface area contributed by atoms with Crippen LogP contribution in [-0.2, 0) is 27.5 Å². The predicted octanol–water partition coefficient (Wildman–Crippen LogP) is 3.05. The second-order valence-electron chi connectivity index (χ2n) is 5.25. The lowest BCUT2D eigenvalue weighted by Crippen LogP contribution is -2.27. The fraction of sp³-hybridized carbons (Fsp3) is 0.263. The van der Waals surface area contributed by atoms with Crippen molar-refractivity contribution in [2.75, 3.05) is 13.7 Å². The highest BCUT2D eigenvalue weighted by molar-refractivity contribution is 5.71. The highest BCUT2D eigenvalue weighted by Crippen LogP contribution is 2.11. The monoisotopic (exact) mass is 343 g/mol. The Hall–Kier alpha value is -3.02. The van der Waals surface area contributed by atoms with E-state index >= 15 is 0 Å². The van der Waals surface area contributed by atoms with Crippen LogP contribution in [0.15, 0.2) is 54.6 Å². The Balaban J connectivity index is 1.58. The van der Waals surface area contributed by atoms with E-state index in [1.54, 1.807) is 19.2 Å². The van der Waals surface area contributed by atoms with Gasteiger partial charge in [0.15, 0.2) is 0 Å². The highest BCUT2D eigenvalue weighted by Gasteiger charge is 2.07. The van der Waals surface area contributed by atoms with E-state index in [4.69, 9.17) is 14.2 Å². The number of methoxy groups -OCH3 is 1. The minimum absolute atomic E-state index is 0.0878. The average molecular weight is 343 g/mol. The first kappa shape index (κ1) is 18.3. The number of hydrogen-bond donors (Lipinski definition) is 1. The number of nitrogens with one attached hydrogen (secondary N) is 1. The number of esters is 1. The molecular weight excluding hydrogens is 322 g/mol. The van der Waals surface area contributed by atoms with Gasteiger partial charge in [-0.05, 0) is 23.3 Å². The molecule has 0 bridgehead atoms. The molecule has 0 spiro atoms. The van der Waals surface area contributed by atoms with E-state index in [1.807, 2.05) is 42.5 Å². The molecule has 0 heterocycles. The summed E-state index contributed by atoms with van der Waals surface area (Å²) in [5, 5.41) is 2.52. The minimum atomic E-state index is -0.577. The van der Waals surface area contributed by atoms with Gasteiger partial charge in [0.25, 0.3) is 0 Å². The van der Waals surface area contributed by atoms with E-state index in [-0.39, 0.29) is 32.1 Å². The average Bonchev–Trinajstić information content (AvgIpc) is 2.66. The molecule has 0 aliphatic heterocycles. The molecule has 1 N–H and O–H groups in total. The second kappa shape index (κ2) is 9.97. The van der Waals surface area contributed by atoms with Gasteiger partial charge in [-0.1, -0.05) is 42.5 Å². The van der Waals surface area contributed by atoms with Crippen LogP contribution in [0.4, 0.5) is 4.79 Å². The largest absolute Gasteiger partial charge is 0.497 e. The van der Waals surface area contributed by atoms with Gasteiger partial charge >= 0.3 is 12.1 Å². The van der Waals surface area contributed by atoms with Gasteiger partial charge < -0.3 is 19.5 Å². The van der Waals surface area contributed by atoms with Crippen molar-refractivity contribution in [3.05, 3.63) is 65.7 Å². The molecule has 0 radical (unpaired) electrons. The van der Waals surface area contributed by atoms with Crippen LogP contribution >= 0.6 is 0 Å². The van der Waals surface area contributed by atoms with Gasteiger partial charge in [-0.2, -0.15) is 0 Å².